The van der Waals surface area contributed by atoms with Crippen LogP contribution in [0.25, 0.3) is 10.9 Å². The van der Waals surface area contributed by atoms with E-state index in [0.717, 1.165) is 10.9 Å². The van der Waals surface area contributed by atoms with Gasteiger partial charge in [0.1, 0.15) is 0 Å². The van der Waals surface area contributed by atoms with Crippen molar-refractivity contribution in [3.8, 4) is 0 Å². The molecule has 1 atom stereocenters. The topological polar surface area (TPSA) is 108 Å². The molecule has 1 fully saturated rings. The minimum atomic E-state index is -3.65. The molecule has 1 aromatic heterocycles. The number of pyridine rings is 1. The third-order valence-electron chi connectivity index (χ3n) is 5.48. The normalized spacial score (nSPS) is 17.1. The summed E-state index contributed by atoms with van der Waals surface area (Å²) in [6, 6.07) is 17.3. The van der Waals surface area contributed by atoms with Crippen LogP contribution in [0.4, 0.5) is 5.69 Å². The van der Waals surface area contributed by atoms with Gasteiger partial charge in [0.2, 0.25) is 21.8 Å². The van der Waals surface area contributed by atoms with E-state index < -0.39 is 15.9 Å². The van der Waals surface area contributed by atoms with E-state index in [1.54, 1.807) is 54.7 Å². The van der Waals surface area contributed by atoms with Crippen molar-refractivity contribution < 1.29 is 18.0 Å². The van der Waals surface area contributed by atoms with Crippen molar-refractivity contribution in [3.05, 3.63) is 66.9 Å². The third-order valence-corrected chi connectivity index (χ3v) is 7.36. The summed E-state index contributed by atoms with van der Waals surface area (Å²) >= 11 is 0. The first-order valence-electron chi connectivity index (χ1n) is 10.4. The van der Waals surface area contributed by atoms with Gasteiger partial charge in [-0.1, -0.05) is 24.3 Å². The number of nitrogens with one attached hydrogen (secondary N) is 2. The van der Waals surface area contributed by atoms with Gasteiger partial charge in [0.05, 0.1) is 28.6 Å². The molecular formula is C23H24N4O4S. The quantitative estimate of drug-likeness (QED) is 0.597. The van der Waals surface area contributed by atoms with E-state index in [2.05, 4.69) is 15.6 Å². The average Bonchev–Trinajstić information content (AvgIpc) is 2.83. The van der Waals surface area contributed by atoms with Crippen molar-refractivity contribution in [3.63, 3.8) is 0 Å². The summed E-state index contributed by atoms with van der Waals surface area (Å²) in [5.41, 5.74) is 1.38. The lowest BCUT2D eigenvalue weighted by Crippen LogP contribution is -2.46. The molecule has 2 amide bonds. The van der Waals surface area contributed by atoms with Crippen molar-refractivity contribution in [2.24, 2.45) is 5.92 Å². The maximum absolute atomic E-state index is 12.9. The van der Waals surface area contributed by atoms with Crippen LogP contribution < -0.4 is 10.6 Å². The number of aromatic nitrogens is 1. The standard InChI is InChI=1S/C23H24N4O4S/c28-22(26-21-12-4-11-20-19(21)10-5-13-24-20)15-25-23(29)17-7-6-14-27(16-17)32(30,31)18-8-2-1-3-9-18/h1-5,8-13,17H,6-7,14-16H2,(H,25,29)(H,26,28). The summed E-state index contributed by atoms with van der Waals surface area (Å²) in [4.78, 5) is 29.5. The zero-order valence-electron chi connectivity index (χ0n) is 17.4. The number of piperidine rings is 1. The van der Waals surface area contributed by atoms with Crippen molar-refractivity contribution in [1.82, 2.24) is 14.6 Å². The first-order valence-corrected chi connectivity index (χ1v) is 11.9. The van der Waals surface area contributed by atoms with Gasteiger partial charge in [0.25, 0.3) is 0 Å². The molecule has 0 spiro atoms. The van der Waals surface area contributed by atoms with Gasteiger partial charge in [-0.2, -0.15) is 4.31 Å². The van der Waals surface area contributed by atoms with Gasteiger partial charge in [-0.3, -0.25) is 14.6 Å². The number of benzene rings is 2. The molecule has 1 aliphatic heterocycles. The van der Waals surface area contributed by atoms with Crippen LogP contribution in [0.2, 0.25) is 0 Å². The Balaban J connectivity index is 1.35. The number of carbonyl (C=O) groups excluding carboxylic acids is 2. The summed E-state index contributed by atoms with van der Waals surface area (Å²) in [6.45, 7) is 0.272. The number of sulfonamides is 1. The lowest BCUT2D eigenvalue weighted by Gasteiger charge is -2.31. The predicted molar refractivity (Wildman–Crippen MR) is 121 cm³/mol. The van der Waals surface area contributed by atoms with Crippen LogP contribution in [0.3, 0.4) is 0 Å². The molecule has 1 aliphatic rings. The molecule has 8 nitrogen and oxygen atoms in total. The lowest BCUT2D eigenvalue weighted by molar-refractivity contribution is -0.128. The molecular weight excluding hydrogens is 428 g/mol. The summed E-state index contributed by atoms with van der Waals surface area (Å²) in [6.07, 6.45) is 2.84. The zero-order chi connectivity index (χ0) is 22.6. The van der Waals surface area contributed by atoms with Crippen LogP contribution >= 0.6 is 0 Å². The van der Waals surface area contributed by atoms with E-state index in [4.69, 9.17) is 0 Å². The minimum Gasteiger partial charge on any atom is -0.347 e. The fourth-order valence-electron chi connectivity index (χ4n) is 3.83. The number of anilines is 1. The first kappa shape index (κ1) is 21.9. The minimum absolute atomic E-state index is 0.0969. The average molecular weight is 453 g/mol. The third kappa shape index (κ3) is 4.79. The maximum atomic E-state index is 12.9. The van der Waals surface area contributed by atoms with E-state index in [1.165, 1.54) is 4.31 Å². The fourth-order valence-corrected chi connectivity index (χ4v) is 5.38. The smallest absolute Gasteiger partial charge is 0.243 e. The van der Waals surface area contributed by atoms with Gasteiger partial charge in [-0.05, 0) is 49.2 Å². The van der Waals surface area contributed by atoms with Gasteiger partial charge < -0.3 is 10.6 Å². The Morgan fingerprint density at radius 1 is 1.03 bits per heavy atom. The molecule has 9 heteroatoms. The largest absolute Gasteiger partial charge is 0.347 e. The Bertz CT molecular complexity index is 1230. The van der Waals surface area contributed by atoms with Crippen LogP contribution in [-0.4, -0.2) is 49.2 Å². The van der Waals surface area contributed by atoms with Gasteiger partial charge in [0.15, 0.2) is 0 Å². The molecule has 166 valence electrons. The molecule has 0 bridgehead atoms. The van der Waals surface area contributed by atoms with Gasteiger partial charge in [-0.15, -0.1) is 0 Å². The van der Waals surface area contributed by atoms with Gasteiger partial charge in [-0.25, -0.2) is 8.42 Å². The summed E-state index contributed by atoms with van der Waals surface area (Å²) in [5.74, 6) is -1.19. The number of hydrogen-bond acceptors (Lipinski definition) is 5. The second-order valence-electron chi connectivity index (χ2n) is 7.66. The number of nitrogens with zero attached hydrogens (tertiary/aromatic N) is 2. The lowest BCUT2D eigenvalue weighted by atomic mass is 9.99. The monoisotopic (exact) mass is 452 g/mol. The summed E-state index contributed by atoms with van der Waals surface area (Å²) < 4.78 is 27.1. The van der Waals surface area contributed by atoms with Crippen molar-refractivity contribution >= 4 is 38.4 Å². The number of fused-ring (bicyclic) bond motifs is 1. The molecule has 32 heavy (non-hydrogen) atoms. The molecule has 0 radical (unpaired) electrons. The molecule has 1 saturated heterocycles. The predicted octanol–water partition coefficient (Wildman–Crippen LogP) is 2.39. The van der Waals surface area contributed by atoms with E-state index in [0.29, 0.717) is 25.1 Å². The SMILES string of the molecule is O=C(CNC(=O)C1CCCN(S(=O)(=O)c2ccccc2)C1)Nc1cccc2ncccc12. The van der Waals surface area contributed by atoms with Gasteiger partial charge >= 0.3 is 0 Å². The molecule has 1 unspecified atom stereocenters. The van der Waals surface area contributed by atoms with Crippen LogP contribution in [0.1, 0.15) is 12.8 Å². The highest BCUT2D eigenvalue weighted by molar-refractivity contribution is 7.89. The van der Waals surface area contributed by atoms with Crippen LogP contribution in [0.5, 0.6) is 0 Å². The van der Waals surface area contributed by atoms with Crippen LogP contribution in [-0.2, 0) is 19.6 Å². The Hall–Kier alpha value is -3.30. The zero-order valence-corrected chi connectivity index (χ0v) is 18.2. The van der Waals surface area contributed by atoms with Crippen molar-refractivity contribution in [2.45, 2.75) is 17.7 Å². The second kappa shape index (κ2) is 9.46. The molecule has 0 saturated carbocycles. The maximum Gasteiger partial charge on any atom is 0.243 e. The number of hydrogen-bond donors (Lipinski definition) is 2. The Kier molecular flexibility index (Phi) is 6.48. The Morgan fingerprint density at radius 3 is 2.66 bits per heavy atom. The number of rotatable bonds is 6. The van der Waals surface area contributed by atoms with Crippen LogP contribution in [0.15, 0.2) is 71.8 Å². The Labute approximate surface area is 186 Å². The number of amides is 2. The van der Waals surface area contributed by atoms with E-state index in [1.807, 2.05) is 12.1 Å². The van der Waals surface area contributed by atoms with Crippen molar-refractivity contribution in [2.75, 3.05) is 25.0 Å². The van der Waals surface area contributed by atoms with E-state index in [-0.39, 0.29) is 29.8 Å². The summed E-state index contributed by atoms with van der Waals surface area (Å²) in [5, 5.41) is 6.25. The second-order valence-corrected chi connectivity index (χ2v) is 9.59. The first-order chi connectivity index (χ1) is 15.4. The molecule has 0 aliphatic carbocycles. The molecule has 2 heterocycles. The molecule has 4 rings (SSSR count). The van der Waals surface area contributed by atoms with Crippen LogP contribution in [0, 0.1) is 5.92 Å². The molecule has 3 aromatic rings. The van der Waals surface area contributed by atoms with E-state index >= 15 is 0 Å². The highest BCUT2D eigenvalue weighted by atomic mass is 32.2. The van der Waals surface area contributed by atoms with E-state index in [9.17, 15) is 18.0 Å². The highest BCUT2D eigenvalue weighted by Crippen LogP contribution is 2.24. The summed E-state index contributed by atoms with van der Waals surface area (Å²) in [7, 11) is -3.65. The van der Waals surface area contributed by atoms with Gasteiger partial charge in [0, 0.05) is 24.7 Å². The van der Waals surface area contributed by atoms with Crippen molar-refractivity contribution in [1.29, 1.82) is 0 Å². The fraction of sp³-hybridized carbons (Fsp3) is 0.261. The Morgan fingerprint density at radius 2 is 1.84 bits per heavy atom. The number of carbonyl (C=O) groups is 2. The molecule has 2 N–H and O–H groups in total. The highest BCUT2D eigenvalue weighted by Gasteiger charge is 2.33. The molecule has 2 aromatic carbocycles.